The van der Waals surface area contributed by atoms with Crippen LogP contribution in [0.1, 0.15) is 59.3 Å². The number of rotatable bonds is 4. The molecule has 0 aromatic carbocycles. The number of ether oxygens (including phenoxy) is 2. The van der Waals surface area contributed by atoms with E-state index in [-0.39, 0.29) is 5.41 Å². The van der Waals surface area contributed by atoms with Crippen LogP contribution in [0.2, 0.25) is 0 Å². The van der Waals surface area contributed by atoms with E-state index in [0.29, 0.717) is 19.1 Å². The lowest BCUT2D eigenvalue weighted by Gasteiger charge is -2.46. The van der Waals surface area contributed by atoms with Gasteiger partial charge < -0.3 is 14.6 Å². The molecular formula is C17H30O3. The SMILES string of the molecule is CC/C=C/C1(C(O)C2CCCCC2)OCC(C)(C)CO1. The number of aliphatic hydroxyl groups excluding tert-OH is 1. The Bertz CT molecular complexity index is 319. The minimum atomic E-state index is -0.923. The summed E-state index contributed by atoms with van der Waals surface area (Å²) in [6, 6.07) is 0. The van der Waals surface area contributed by atoms with Crippen LogP contribution >= 0.6 is 0 Å². The lowest BCUT2D eigenvalue weighted by atomic mass is 9.81. The van der Waals surface area contributed by atoms with E-state index < -0.39 is 11.9 Å². The number of hydrogen-bond acceptors (Lipinski definition) is 3. The van der Waals surface area contributed by atoms with E-state index in [4.69, 9.17) is 9.47 Å². The van der Waals surface area contributed by atoms with E-state index in [0.717, 1.165) is 19.3 Å². The van der Waals surface area contributed by atoms with Gasteiger partial charge in [0.05, 0.1) is 13.2 Å². The van der Waals surface area contributed by atoms with Gasteiger partial charge in [-0.25, -0.2) is 0 Å². The zero-order valence-electron chi connectivity index (χ0n) is 13.2. The Morgan fingerprint density at radius 3 is 2.30 bits per heavy atom. The fourth-order valence-corrected chi connectivity index (χ4v) is 3.13. The fraction of sp³-hybridized carbons (Fsp3) is 0.882. The molecule has 3 heteroatoms. The van der Waals surface area contributed by atoms with E-state index in [1.165, 1.54) is 19.3 Å². The molecule has 1 N–H and O–H groups in total. The molecule has 0 aromatic rings. The molecule has 2 rings (SSSR count). The van der Waals surface area contributed by atoms with Crippen molar-refractivity contribution in [2.24, 2.45) is 11.3 Å². The molecular weight excluding hydrogens is 252 g/mol. The smallest absolute Gasteiger partial charge is 0.214 e. The van der Waals surface area contributed by atoms with Gasteiger partial charge in [0.15, 0.2) is 0 Å². The first kappa shape index (κ1) is 16.0. The molecule has 1 saturated carbocycles. The lowest BCUT2D eigenvalue weighted by molar-refractivity contribution is -0.315. The van der Waals surface area contributed by atoms with Crippen LogP contribution in [0.15, 0.2) is 12.2 Å². The molecule has 0 radical (unpaired) electrons. The average Bonchev–Trinajstić information content (AvgIpc) is 2.47. The zero-order chi connectivity index (χ0) is 14.6. The minimum absolute atomic E-state index is 0.0237. The maximum atomic E-state index is 10.8. The predicted molar refractivity (Wildman–Crippen MR) is 80.4 cm³/mol. The molecule has 2 fully saturated rings. The summed E-state index contributed by atoms with van der Waals surface area (Å²) in [4.78, 5) is 0. The first-order chi connectivity index (χ1) is 9.49. The summed E-state index contributed by atoms with van der Waals surface area (Å²) in [7, 11) is 0. The van der Waals surface area contributed by atoms with E-state index in [1.807, 2.05) is 12.2 Å². The molecule has 2 aliphatic rings. The fourth-order valence-electron chi connectivity index (χ4n) is 3.13. The molecule has 1 unspecified atom stereocenters. The van der Waals surface area contributed by atoms with Crippen LogP contribution in [0, 0.1) is 11.3 Å². The summed E-state index contributed by atoms with van der Waals surface area (Å²) in [5, 5.41) is 10.8. The average molecular weight is 282 g/mol. The topological polar surface area (TPSA) is 38.7 Å². The zero-order valence-corrected chi connectivity index (χ0v) is 13.2. The molecule has 1 aliphatic carbocycles. The van der Waals surface area contributed by atoms with Crippen molar-refractivity contribution in [3.05, 3.63) is 12.2 Å². The van der Waals surface area contributed by atoms with Crippen LogP contribution < -0.4 is 0 Å². The third-order valence-electron chi connectivity index (χ3n) is 4.47. The van der Waals surface area contributed by atoms with Crippen LogP contribution in [0.25, 0.3) is 0 Å². The summed E-state index contributed by atoms with van der Waals surface area (Å²) in [5.41, 5.74) is 0.0237. The Labute approximate surface area is 123 Å². The molecule has 1 atom stereocenters. The van der Waals surface area contributed by atoms with Gasteiger partial charge in [-0.1, -0.05) is 46.1 Å². The largest absolute Gasteiger partial charge is 0.387 e. The van der Waals surface area contributed by atoms with Crippen LogP contribution in [0.3, 0.4) is 0 Å². The van der Waals surface area contributed by atoms with Gasteiger partial charge in [0.1, 0.15) is 6.10 Å². The third kappa shape index (κ3) is 3.63. The molecule has 1 saturated heterocycles. The second kappa shape index (κ2) is 6.59. The Morgan fingerprint density at radius 1 is 1.15 bits per heavy atom. The van der Waals surface area contributed by atoms with E-state index in [2.05, 4.69) is 20.8 Å². The number of hydrogen-bond donors (Lipinski definition) is 1. The summed E-state index contributed by atoms with van der Waals surface area (Å²) >= 11 is 0. The quantitative estimate of drug-likeness (QED) is 0.800. The molecule has 20 heavy (non-hydrogen) atoms. The van der Waals surface area contributed by atoms with Crippen LogP contribution in [0.4, 0.5) is 0 Å². The highest BCUT2D eigenvalue weighted by atomic mass is 16.7. The molecule has 0 aromatic heterocycles. The second-order valence-corrected chi connectivity index (χ2v) is 7.12. The molecule has 0 bridgehead atoms. The van der Waals surface area contributed by atoms with Gasteiger partial charge in [-0.2, -0.15) is 0 Å². The normalized spacial score (nSPS) is 28.6. The Morgan fingerprint density at radius 2 is 1.75 bits per heavy atom. The Kier molecular flexibility index (Phi) is 5.27. The van der Waals surface area contributed by atoms with Crippen molar-refractivity contribution in [1.82, 2.24) is 0 Å². The third-order valence-corrected chi connectivity index (χ3v) is 4.47. The summed E-state index contributed by atoms with van der Waals surface area (Å²) in [6.45, 7) is 7.61. The van der Waals surface area contributed by atoms with E-state index >= 15 is 0 Å². The minimum Gasteiger partial charge on any atom is -0.387 e. The van der Waals surface area contributed by atoms with Gasteiger partial charge in [0.2, 0.25) is 5.79 Å². The molecule has 0 amide bonds. The molecule has 3 nitrogen and oxygen atoms in total. The Balaban J connectivity index is 2.12. The van der Waals surface area contributed by atoms with E-state index in [1.54, 1.807) is 0 Å². The number of aliphatic hydroxyl groups is 1. The van der Waals surface area contributed by atoms with Gasteiger partial charge in [0, 0.05) is 5.41 Å². The van der Waals surface area contributed by atoms with Gasteiger partial charge >= 0.3 is 0 Å². The highest BCUT2D eigenvalue weighted by Gasteiger charge is 2.47. The summed E-state index contributed by atoms with van der Waals surface area (Å²) in [6.07, 6.45) is 10.2. The van der Waals surface area contributed by atoms with Crippen molar-refractivity contribution in [1.29, 1.82) is 0 Å². The summed E-state index contributed by atoms with van der Waals surface area (Å²) in [5.74, 6) is -0.625. The van der Waals surface area contributed by atoms with Crippen molar-refractivity contribution in [2.75, 3.05) is 13.2 Å². The van der Waals surface area contributed by atoms with Crippen LogP contribution in [-0.2, 0) is 9.47 Å². The molecule has 1 heterocycles. The van der Waals surface area contributed by atoms with Crippen molar-refractivity contribution >= 4 is 0 Å². The molecule has 1 aliphatic heterocycles. The lowest BCUT2D eigenvalue weighted by Crippen LogP contribution is -2.56. The van der Waals surface area contributed by atoms with Gasteiger partial charge in [-0.05, 0) is 31.3 Å². The first-order valence-corrected chi connectivity index (χ1v) is 8.13. The maximum absolute atomic E-state index is 10.8. The van der Waals surface area contributed by atoms with Crippen molar-refractivity contribution in [2.45, 2.75) is 71.2 Å². The van der Waals surface area contributed by atoms with Gasteiger partial charge in [-0.3, -0.25) is 0 Å². The summed E-state index contributed by atoms with van der Waals surface area (Å²) < 4.78 is 12.1. The maximum Gasteiger partial charge on any atom is 0.214 e. The van der Waals surface area contributed by atoms with Crippen molar-refractivity contribution in [3.63, 3.8) is 0 Å². The number of allylic oxidation sites excluding steroid dienone is 1. The van der Waals surface area contributed by atoms with Crippen molar-refractivity contribution in [3.8, 4) is 0 Å². The Hall–Kier alpha value is -0.380. The standard InChI is InChI=1S/C17H30O3/c1-4-5-11-17(19-12-16(2,3)13-20-17)15(18)14-9-7-6-8-10-14/h5,11,14-15,18H,4,6-10,12-13H2,1-3H3/b11-5+. The molecule has 0 spiro atoms. The second-order valence-electron chi connectivity index (χ2n) is 7.12. The first-order valence-electron chi connectivity index (χ1n) is 8.13. The highest BCUT2D eigenvalue weighted by Crippen LogP contribution is 2.39. The van der Waals surface area contributed by atoms with Crippen LogP contribution in [0.5, 0.6) is 0 Å². The van der Waals surface area contributed by atoms with E-state index in [9.17, 15) is 5.11 Å². The van der Waals surface area contributed by atoms with Crippen molar-refractivity contribution < 1.29 is 14.6 Å². The van der Waals surface area contributed by atoms with Gasteiger partial charge in [0.25, 0.3) is 0 Å². The monoisotopic (exact) mass is 282 g/mol. The van der Waals surface area contributed by atoms with Gasteiger partial charge in [-0.15, -0.1) is 0 Å². The highest BCUT2D eigenvalue weighted by molar-refractivity contribution is 5.04. The van der Waals surface area contributed by atoms with Crippen LogP contribution in [-0.4, -0.2) is 30.2 Å². The predicted octanol–water partition coefficient (Wildman–Crippen LogP) is 3.66. The molecule has 116 valence electrons.